The summed E-state index contributed by atoms with van der Waals surface area (Å²) in [5.41, 5.74) is 2.82. The van der Waals surface area contributed by atoms with Crippen LogP contribution >= 0.6 is 0 Å². The minimum Gasteiger partial charge on any atom is -0.490 e. The Morgan fingerprint density at radius 1 is 1.15 bits per heavy atom. The van der Waals surface area contributed by atoms with E-state index in [0.29, 0.717) is 18.8 Å². The molecule has 27 heavy (non-hydrogen) atoms. The quantitative estimate of drug-likeness (QED) is 0.813. The monoisotopic (exact) mass is 368 g/mol. The van der Waals surface area contributed by atoms with Crippen molar-refractivity contribution < 1.29 is 9.53 Å². The number of pyridine rings is 1. The molecule has 144 valence electrons. The number of benzene rings is 1. The third-order valence-corrected chi connectivity index (χ3v) is 5.25. The van der Waals surface area contributed by atoms with Crippen molar-refractivity contribution in [2.24, 2.45) is 7.05 Å². The summed E-state index contributed by atoms with van der Waals surface area (Å²) in [7, 11) is 1.75. The number of carbonyl (C=O) groups is 1. The summed E-state index contributed by atoms with van der Waals surface area (Å²) in [6, 6.07) is 11.4. The van der Waals surface area contributed by atoms with Crippen LogP contribution in [0.4, 0.5) is 0 Å². The fourth-order valence-corrected chi connectivity index (χ4v) is 3.46. The van der Waals surface area contributed by atoms with Gasteiger partial charge in [-0.05, 0) is 37.1 Å². The molecule has 1 aromatic heterocycles. The normalized spacial score (nSPS) is 15.0. The van der Waals surface area contributed by atoms with Gasteiger partial charge in [0.1, 0.15) is 11.9 Å². The Morgan fingerprint density at radius 3 is 2.41 bits per heavy atom. The first-order valence-corrected chi connectivity index (χ1v) is 9.70. The number of aryl methyl sites for hydroxylation is 2. The van der Waals surface area contributed by atoms with Crippen molar-refractivity contribution in [2.75, 3.05) is 13.1 Å². The first-order chi connectivity index (χ1) is 13.0. The van der Waals surface area contributed by atoms with Gasteiger partial charge in [0.2, 0.25) is 0 Å². The highest BCUT2D eigenvalue weighted by molar-refractivity contribution is 5.94. The van der Waals surface area contributed by atoms with Crippen molar-refractivity contribution >= 4 is 5.91 Å². The van der Waals surface area contributed by atoms with Crippen molar-refractivity contribution in [3.05, 3.63) is 63.6 Å². The van der Waals surface area contributed by atoms with E-state index in [1.165, 1.54) is 11.6 Å². The third kappa shape index (κ3) is 4.59. The van der Waals surface area contributed by atoms with Gasteiger partial charge in [-0.15, -0.1) is 0 Å². The predicted octanol–water partition coefficient (Wildman–Crippen LogP) is 3.33. The smallest absolute Gasteiger partial charge is 0.254 e. The van der Waals surface area contributed by atoms with Gasteiger partial charge >= 0.3 is 0 Å². The molecule has 2 aromatic rings. The molecule has 3 rings (SSSR count). The van der Waals surface area contributed by atoms with E-state index in [1.807, 2.05) is 42.2 Å². The van der Waals surface area contributed by atoms with E-state index in [4.69, 9.17) is 4.74 Å². The van der Waals surface area contributed by atoms with E-state index in [-0.39, 0.29) is 17.6 Å². The Bertz CT molecular complexity index is 847. The molecular formula is C22H28N2O3. The molecule has 2 heterocycles. The second-order valence-electron chi connectivity index (χ2n) is 7.29. The van der Waals surface area contributed by atoms with Crippen LogP contribution in [0.1, 0.15) is 47.8 Å². The van der Waals surface area contributed by atoms with Crippen LogP contribution in [-0.4, -0.2) is 34.6 Å². The molecule has 0 bridgehead atoms. The lowest BCUT2D eigenvalue weighted by Gasteiger charge is -2.32. The van der Waals surface area contributed by atoms with E-state index in [0.717, 1.165) is 36.9 Å². The molecule has 1 fully saturated rings. The zero-order valence-electron chi connectivity index (χ0n) is 16.4. The van der Waals surface area contributed by atoms with Crippen LogP contribution in [0.2, 0.25) is 0 Å². The zero-order chi connectivity index (χ0) is 19.4. The number of carbonyl (C=O) groups excluding carboxylic acids is 1. The maximum Gasteiger partial charge on any atom is 0.254 e. The van der Waals surface area contributed by atoms with Crippen LogP contribution in [0, 0.1) is 6.92 Å². The number of amides is 1. The van der Waals surface area contributed by atoms with Gasteiger partial charge in [-0.2, -0.15) is 0 Å². The van der Waals surface area contributed by atoms with Crippen molar-refractivity contribution in [3.8, 4) is 5.75 Å². The summed E-state index contributed by atoms with van der Waals surface area (Å²) in [5, 5.41) is 0. The van der Waals surface area contributed by atoms with Gasteiger partial charge in [-0.3, -0.25) is 9.59 Å². The highest BCUT2D eigenvalue weighted by atomic mass is 16.5. The maximum atomic E-state index is 12.7. The lowest BCUT2D eigenvalue weighted by Crippen LogP contribution is -2.41. The highest BCUT2D eigenvalue weighted by Crippen LogP contribution is 2.20. The summed E-state index contributed by atoms with van der Waals surface area (Å²) in [5.74, 6) is 0.702. The minimum atomic E-state index is -0.0656. The number of likely N-dealkylation sites (tertiary alicyclic amines) is 1. The molecule has 5 heteroatoms. The fraction of sp³-hybridized carbons (Fsp3) is 0.455. The largest absolute Gasteiger partial charge is 0.490 e. The lowest BCUT2D eigenvalue weighted by atomic mass is 10.0. The molecule has 1 aliphatic heterocycles. The Labute approximate surface area is 160 Å². The second kappa shape index (κ2) is 8.42. The predicted molar refractivity (Wildman–Crippen MR) is 106 cm³/mol. The topological polar surface area (TPSA) is 51.5 Å². The van der Waals surface area contributed by atoms with Gasteiger partial charge in [0.25, 0.3) is 11.5 Å². The molecule has 0 aliphatic carbocycles. The van der Waals surface area contributed by atoms with E-state index in [9.17, 15) is 9.59 Å². The average Bonchev–Trinajstić information content (AvgIpc) is 2.67. The summed E-state index contributed by atoms with van der Waals surface area (Å²) >= 11 is 0. The van der Waals surface area contributed by atoms with Crippen LogP contribution in [0.3, 0.4) is 0 Å². The number of nitrogens with zero attached hydrogens (tertiary/aromatic N) is 2. The molecule has 1 saturated heterocycles. The number of hydrogen-bond acceptors (Lipinski definition) is 3. The van der Waals surface area contributed by atoms with E-state index >= 15 is 0 Å². The Hall–Kier alpha value is -2.56. The first kappa shape index (κ1) is 19.2. The average molecular weight is 368 g/mol. The highest BCUT2D eigenvalue weighted by Gasteiger charge is 2.25. The van der Waals surface area contributed by atoms with Crippen LogP contribution in [0.15, 0.2) is 41.2 Å². The number of ether oxygens (including phenoxy) is 1. The van der Waals surface area contributed by atoms with E-state index in [2.05, 4.69) is 6.92 Å². The number of rotatable bonds is 5. The van der Waals surface area contributed by atoms with Gasteiger partial charge < -0.3 is 14.2 Å². The molecule has 0 radical (unpaired) electrons. The van der Waals surface area contributed by atoms with Crippen LogP contribution in [0.5, 0.6) is 5.75 Å². The molecule has 0 unspecified atom stereocenters. The molecule has 0 N–H and O–H groups in total. The second-order valence-corrected chi connectivity index (χ2v) is 7.29. The number of hydrogen-bond donors (Lipinski definition) is 0. The molecule has 0 spiro atoms. The SMILES string of the molecule is CCCc1ccc(C(=O)N2CCC(Oc3cc(C)n(C)c(=O)c3)CC2)cc1. The third-order valence-electron chi connectivity index (χ3n) is 5.25. The van der Waals surface area contributed by atoms with Gasteiger partial charge in [0.05, 0.1) is 0 Å². The maximum absolute atomic E-state index is 12.7. The van der Waals surface area contributed by atoms with Crippen LogP contribution in [0.25, 0.3) is 0 Å². The standard InChI is InChI=1S/C22H28N2O3/c1-4-5-17-6-8-18(9-7-17)22(26)24-12-10-19(11-13-24)27-20-14-16(2)23(3)21(25)15-20/h6-9,14-15,19H,4-5,10-13H2,1-3H3. The minimum absolute atomic E-state index is 0.0347. The van der Waals surface area contributed by atoms with Crippen molar-refractivity contribution in [2.45, 2.75) is 45.6 Å². The molecule has 0 saturated carbocycles. The van der Waals surface area contributed by atoms with Crippen LogP contribution < -0.4 is 10.3 Å². The van der Waals surface area contributed by atoms with Gasteiger partial charge in [-0.25, -0.2) is 0 Å². The van der Waals surface area contributed by atoms with Crippen molar-refractivity contribution in [1.29, 1.82) is 0 Å². The Balaban J connectivity index is 1.56. The number of piperidine rings is 1. The molecule has 0 atom stereocenters. The summed E-state index contributed by atoms with van der Waals surface area (Å²) in [6.45, 7) is 5.38. The summed E-state index contributed by atoms with van der Waals surface area (Å²) < 4.78 is 7.59. The Kier molecular flexibility index (Phi) is 5.99. The van der Waals surface area contributed by atoms with Gasteiger partial charge in [0.15, 0.2) is 0 Å². The molecule has 1 aliphatic rings. The number of aromatic nitrogens is 1. The van der Waals surface area contributed by atoms with E-state index < -0.39 is 0 Å². The first-order valence-electron chi connectivity index (χ1n) is 9.70. The van der Waals surface area contributed by atoms with E-state index in [1.54, 1.807) is 11.6 Å². The molecular weight excluding hydrogens is 340 g/mol. The summed E-state index contributed by atoms with van der Waals surface area (Å²) in [6.07, 6.45) is 3.72. The fourth-order valence-electron chi connectivity index (χ4n) is 3.46. The van der Waals surface area contributed by atoms with Gasteiger partial charge in [-0.1, -0.05) is 25.5 Å². The molecule has 5 nitrogen and oxygen atoms in total. The molecule has 1 amide bonds. The van der Waals surface area contributed by atoms with Crippen molar-refractivity contribution in [3.63, 3.8) is 0 Å². The molecule has 1 aromatic carbocycles. The lowest BCUT2D eigenvalue weighted by molar-refractivity contribution is 0.0595. The zero-order valence-corrected chi connectivity index (χ0v) is 16.4. The summed E-state index contributed by atoms with van der Waals surface area (Å²) in [4.78, 5) is 26.5. The van der Waals surface area contributed by atoms with Gasteiger partial charge in [0, 0.05) is 50.3 Å². The van der Waals surface area contributed by atoms with Crippen molar-refractivity contribution in [1.82, 2.24) is 9.47 Å². The Morgan fingerprint density at radius 2 is 1.81 bits per heavy atom. The van der Waals surface area contributed by atoms with Crippen LogP contribution in [-0.2, 0) is 13.5 Å².